The van der Waals surface area contributed by atoms with Crippen LogP contribution in [0.25, 0.3) is 11.1 Å². The molecule has 40 heavy (non-hydrogen) atoms. The molecule has 2 aliphatic rings. The minimum absolute atomic E-state index is 0.0427. The average Bonchev–Trinajstić information content (AvgIpc) is 3.07. The summed E-state index contributed by atoms with van der Waals surface area (Å²) in [5, 5.41) is 13.8. The van der Waals surface area contributed by atoms with Crippen molar-refractivity contribution in [3.63, 3.8) is 0 Å². The van der Waals surface area contributed by atoms with Gasteiger partial charge in [0.05, 0.1) is 38.3 Å². The Morgan fingerprint density at radius 1 is 1.12 bits per heavy atom. The second-order valence-electron chi connectivity index (χ2n) is 11.6. The number of amides is 1. The summed E-state index contributed by atoms with van der Waals surface area (Å²) in [5.74, 6) is -1.26. The van der Waals surface area contributed by atoms with Gasteiger partial charge in [-0.05, 0) is 89.3 Å². The molecular weight excluding hydrogens is 535 g/mol. The van der Waals surface area contributed by atoms with Crippen LogP contribution in [0.3, 0.4) is 0 Å². The molecule has 2 bridgehead atoms. The van der Waals surface area contributed by atoms with Gasteiger partial charge >= 0.3 is 12.1 Å². The molecule has 0 aromatic heterocycles. The van der Waals surface area contributed by atoms with Crippen molar-refractivity contribution in [2.45, 2.75) is 83.4 Å². The van der Waals surface area contributed by atoms with Crippen LogP contribution >= 0.6 is 12.6 Å². The Bertz CT molecular complexity index is 1260. The van der Waals surface area contributed by atoms with Gasteiger partial charge in [-0.25, -0.2) is 9.18 Å². The number of fused-ring (bicyclic) bond motifs is 2. The number of ether oxygens (including phenoxy) is 3. The quantitative estimate of drug-likeness (QED) is 0.220. The number of nitrogens with one attached hydrogen (secondary N) is 1. The number of carbonyl (C=O) groups excluding carboxylic acids is 2. The molecule has 0 saturated carbocycles. The molecule has 8 nitrogen and oxygen atoms in total. The zero-order valence-electron chi connectivity index (χ0n) is 24.0. The van der Waals surface area contributed by atoms with Gasteiger partial charge in [0.15, 0.2) is 0 Å². The first-order valence-electron chi connectivity index (χ1n) is 13.6. The van der Waals surface area contributed by atoms with Gasteiger partial charge in [0.2, 0.25) is 0 Å². The number of benzene rings is 2. The molecule has 10 heteroatoms. The molecule has 2 fully saturated rings. The van der Waals surface area contributed by atoms with Crippen LogP contribution < -0.4 is 10.2 Å². The fraction of sp³-hybridized carbons (Fsp3) is 0.533. The van der Waals surface area contributed by atoms with Gasteiger partial charge in [0, 0.05) is 22.9 Å². The van der Waals surface area contributed by atoms with E-state index in [2.05, 4.69) is 22.8 Å². The molecule has 2 N–H and O–H groups in total. The highest BCUT2D eigenvalue weighted by Crippen LogP contribution is 2.43. The van der Waals surface area contributed by atoms with Crippen LogP contribution in [0.15, 0.2) is 24.3 Å². The van der Waals surface area contributed by atoms with Crippen LogP contribution in [-0.2, 0) is 23.9 Å². The number of halogens is 1. The lowest BCUT2D eigenvalue weighted by atomic mass is 9.91. The van der Waals surface area contributed by atoms with Gasteiger partial charge in [0.1, 0.15) is 22.0 Å². The summed E-state index contributed by atoms with van der Waals surface area (Å²) in [6, 6.07) is 7.44. The highest BCUT2D eigenvalue weighted by atomic mass is 32.1. The number of rotatable bonds is 7. The van der Waals surface area contributed by atoms with Gasteiger partial charge in [0.25, 0.3) is 0 Å². The van der Waals surface area contributed by atoms with Crippen LogP contribution in [0, 0.1) is 19.7 Å². The number of morpholine rings is 1. The third kappa shape index (κ3) is 6.33. The average molecular weight is 575 g/mol. The van der Waals surface area contributed by atoms with Crippen molar-refractivity contribution < 1.29 is 33.3 Å². The van der Waals surface area contributed by atoms with Crippen molar-refractivity contribution in [3.8, 4) is 16.9 Å². The van der Waals surface area contributed by atoms with E-state index in [1.807, 2.05) is 13.0 Å². The molecule has 2 aromatic carbocycles. The number of alkyl carbamates (subject to hydrolysis) is 1. The molecule has 1 amide bonds. The van der Waals surface area contributed by atoms with E-state index < -0.39 is 34.8 Å². The number of hydrogen-bond acceptors (Lipinski definition) is 8. The number of thiol groups is 1. The van der Waals surface area contributed by atoms with Crippen LogP contribution in [0.5, 0.6) is 5.75 Å². The number of nitrogens with zero attached hydrogens (tertiary/aromatic N) is 1. The SMILES string of the molecule is CCOC(=O)C[C@@](S)(NC(=O)OC(C)(C)C)c1cc(-c2c(C)cc(N3C4CCC3COC4)cc2O)cc(C)c1F. The molecule has 0 aliphatic carbocycles. The monoisotopic (exact) mass is 574 g/mol. The Morgan fingerprint density at radius 2 is 1.77 bits per heavy atom. The molecule has 2 saturated heterocycles. The number of phenolic OH excluding ortho intramolecular Hbond substituents is 1. The lowest BCUT2D eigenvalue weighted by Crippen LogP contribution is -2.46. The van der Waals surface area contributed by atoms with Crippen LogP contribution in [-0.4, -0.2) is 54.7 Å². The van der Waals surface area contributed by atoms with Crippen molar-refractivity contribution >= 4 is 30.4 Å². The van der Waals surface area contributed by atoms with E-state index in [-0.39, 0.29) is 35.6 Å². The summed E-state index contributed by atoms with van der Waals surface area (Å²) in [5.41, 5.74) is 2.16. The topological polar surface area (TPSA) is 97.3 Å². The van der Waals surface area contributed by atoms with Crippen molar-refractivity contribution in [3.05, 3.63) is 46.8 Å². The Kier molecular flexibility index (Phi) is 8.61. The zero-order valence-corrected chi connectivity index (χ0v) is 24.9. The van der Waals surface area contributed by atoms with E-state index in [0.717, 1.165) is 24.1 Å². The summed E-state index contributed by atoms with van der Waals surface area (Å²) in [7, 11) is 0. The van der Waals surface area contributed by atoms with Crippen molar-refractivity contribution in [2.75, 3.05) is 24.7 Å². The number of phenols is 1. The molecule has 2 aromatic rings. The minimum Gasteiger partial charge on any atom is -0.507 e. The Morgan fingerprint density at radius 3 is 2.35 bits per heavy atom. The first kappa shape index (κ1) is 30.0. The van der Waals surface area contributed by atoms with E-state index in [9.17, 15) is 14.7 Å². The van der Waals surface area contributed by atoms with Gasteiger partial charge in [-0.3, -0.25) is 4.79 Å². The summed E-state index contributed by atoms with van der Waals surface area (Å²) < 4.78 is 31.9. The largest absolute Gasteiger partial charge is 0.507 e. The fourth-order valence-corrected chi connectivity index (χ4v) is 6.02. The second-order valence-corrected chi connectivity index (χ2v) is 12.4. The molecule has 0 spiro atoms. The normalized spacial score (nSPS) is 20.1. The van der Waals surface area contributed by atoms with Crippen molar-refractivity contribution in [1.82, 2.24) is 5.32 Å². The number of anilines is 1. The molecular formula is C30H39FN2O6S. The predicted molar refractivity (Wildman–Crippen MR) is 154 cm³/mol. The maximum absolute atomic E-state index is 15.7. The highest BCUT2D eigenvalue weighted by Gasteiger charge is 2.40. The molecule has 2 aliphatic heterocycles. The lowest BCUT2D eigenvalue weighted by Gasteiger charge is -2.37. The minimum atomic E-state index is -1.80. The summed E-state index contributed by atoms with van der Waals surface area (Å²) >= 11 is 4.64. The number of carbonyl (C=O) groups is 2. The maximum atomic E-state index is 15.7. The van der Waals surface area contributed by atoms with E-state index in [4.69, 9.17) is 14.2 Å². The lowest BCUT2D eigenvalue weighted by molar-refractivity contribution is -0.144. The van der Waals surface area contributed by atoms with Gasteiger partial charge in [-0.15, -0.1) is 12.6 Å². The Labute approximate surface area is 240 Å². The van der Waals surface area contributed by atoms with Crippen molar-refractivity contribution in [1.29, 1.82) is 0 Å². The third-order valence-corrected chi connectivity index (χ3v) is 7.75. The number of aromatic hydroxyl groups is 1. The Balaban J connectivity index is 1.77. The highest BCUT2D eigenvalue weighted by molar-refractivity contribution is 7.81. The maximum Gasteiger partial charge on any atom is 0.409 e. The van der Waals surface area contributed by atoms with Crippen LogP contribution in [0.2, 0.25) is 0 Å². The van der Waals surface area contributed by atoms with Crippen LogP contribution in [0.1, 0.15) is 63.6 Å². The van der Waals surface area contributed by atoms with E-state index in [0.29, 0.717) is 24.3 Å². The Hall–Kier alpha value is -2.98. The fourth-order valence-electron chi connectivity index (χ4n) is 5.64. The van der Waals surface area contributed by atoms with Crippen molar-refractivity contribution in [2.24, 2.45) is 0 Å². The van der Waals surface area contributed by atoms with Gasteiger partial charge in [-0.1, -0.05) is 0 Å². The first-order chi connectivity index (χ1) is 18.7. The summed E-state index contributed by atoms with van der Waals surface area (Å²) in [6.07, 6.45) is 0.772. The standard InChI is InChI=1S/C30H39FN2O6S/c1-7-38-25(35)14-30(40,32-28(36)39-29(4,5)6)23-12-19(10-18(3)27(23)31)26-17(2)11-22(13-24(26)34)33-20-8-9-21(33)16-37-15-20/h10-13,20-21,34,40H,7-9,14-16H2,1-6H3,(H,32,36)/t20?,21?,30-/m0/s1. The van der Waals surface area contributed by atoms with E-state index in [1.165, 1.54) is 6.07 Å². The molecule has 2 unspecified atom stereocenters. The van der Waals surface area contributed by atoms with E-state index in [1.54, 1.807) is 46.8 Å². The van der Waals surface area contributed by atoms with E-state index >= 15 is 4.39 Å². The molecule has 3 atom stereocenters. The van der Waals surface area contributed by atoms with Gasteiger partial charge in [-0.2, -0.15) is 0 Å². The molecule has 218 valence electrons. The molecule has 0 radical (unpaired) electrons. The zero-order chi connectivity index (χ0) is 29.4. The summed E-state index contributed by atoms with van der Waals surface area (Å²) in [4.78, 5) is 25.9. The molecule has 2 heterocycles. The van der Waals surface area contributed by atoms with Crippen LogP contribution in [0.4, 0.5) is 14.9 Å². The number of hydrogen-bond donors (Lipinski definition) is 3. The predicted octanol–water partition coefficient (Wildman–Crippen LogP) is 5.74. The summed E-state index contributed by atoms with van der Waals surface area (Å²) in [6.45, 7) is 11.7. The molecule has 4 rings (SSSR count). The van der Waals surface area contributed by atoms with Gasteiger partial charge < -0.3 is 29.5 Å². The third-order valence-electron chi connectivity index (χ3n) is 7.24. The number of esters is 1. The second kappa shape index (κ2) is 11.5. The smallest absolute Gasteiger partial charge is 0.409 e. The number of aryl methyl sites for hydroxylation is 2. The first-order valence-corrected chi connectivity index (χ1v) is 14.1.